The lowest BCUT2D eigenvalue weighted by Gasteiger charge is -2.14. The number of H-pyrrole nitrogens is 1. The summed E-state index contributed by atoms with van der Waals surface area (Å²) in [6.07, 6.45) is -0.504. The summed E-state index contributed by atoms with van der Waals surface area (Å²) in [4.78, 5) is 34.6. The Morgan fingerprint density at radius 2 is 2.33 bits per heavy atom. The van der Waals surface area contributed by atoms with Gasteiger partial charge in [0.15, 0.2) is 11.2 Å². The van der Waals surface area contributed by atoms with Crippen LogP contribution in [0, 0.1) is 5.92 Å². The van der Waals surface area contributed by atoms with Crippen molar-refractivity contribution in [2.75, 3.05) is 11.9 Å². The van der Waals surface area contributed by atoms with Crippen molar-refractivity contribution in [3.63, 3.8) is 0 Å². The Bertz CT molecular complexity index is 813. The lowest BCUT2D eigenvalue weighted by atomic mass is 10.2. The summed E-state index contributed by atoms with van der Waals surface area (Å²) in [5.74, 6) is -0.531. The third kappa shape index (κ3) is 2.90. The van der Waals surface area contributed by atoms with Crippen molar-refractivity contribution in [1.29, 1.82) is 0 Å². The van der Waals surface area contributed by atoms with Gasteiger partial charge in [0.25, 0.3) is 5.56 Å². The molecule has 1 aliphatic rings. The van der Waals surface area contributed by atoms with Crippen molar-refractivity contribution < 1.29 is 19.7 Å². The predicted octanol–water partition coefficient (Wildman–Crippen LogP) is -0.645. The normalized spacial score (nSPS) is 24.0. The highest BCUT2D eigenvalue weighted by molar-refractivity contribution is 5.91. The second kappa shape index (κ2) is 6.30. The van der Waals surface area contributed by atoms with Gasteiger partial charge in [0.1, 0.15) is 12.3 Å². The van der Waals surface area contributed by atoms with Gasteiger partial charge in [0, 0.05) is 12.3 Å². The van der Waals surface area contributed by atoms with Crippen LogP contribution in [-0.2, 0) is 9.53 Å². The van der Waals surface area contributed by atoms with Gasteiger partial charge in [0.05, 0.1) is 19.0 Å². The number of carbonyl (C=O) groups excluding carboxylic acids is 1. The van der Waals surface area contributed by atoms with Crippen LogP contribution >= 0.6 is 0 Å². The fraction of sp³-hybridized carbons (Fsp3) is 0.571. The number of nitrogens with one attached hydrogen (secondary N) is 2. The fourth-order valence-corrected chi connectivity index (χ4v) is 2.51. The number of rotatable bonds is 4. The standard InChI is InChI=1S/C14H19N5O5/c1-6(2)12(22)17-14-16-11-10(13(23)18-14)15-5-19(11)9-3-7(21)8(4-20)24-9/h5-9,20-21H,3-4H2,1-2H3,(H2,16,17,18,22,23)/t7-,8-,9+/m1/s1. The van der Waals surface area contributed by atoms with Crippen LogP contribution < -0.4 is 10.9 Å². The number of amides is 1. The van der Waals surface area contributed by atoms with Crippen molar-refractivity contribution in [1.82, 2.24) is 19.5 Å². The monoisotopic (exact) mass is 337 g/mol. The van der Waals surface area contributed by atoms with E-state index >= 15 is 0 Å². The molecular weight excluding hydrogens is 318 g/mol. The number of nitrogens with zero attached hydrogens (tertiary/aromatic N) is 3. The van der Waals surface area contributed by atoms with Crippen LogP contribution in [0.3, 0.4) is 0 Å². The van der Waals surface area contributed by atoms with Crippen LogP contribution in [0.2, 0.25) is 0 Å². The highest BCUT2D eigenvalue weighted by Gasteiger charge is 2.35. The minimum Gasteiger partial charge on any atom is -0.394 e. The van der Waals surface area contributed by atoms with E-state index in [1.807, 2.05) is 0 Å². The van der Waals surface area contributed by atoms with Gasteiger partial charge in [-0.25, -0.2) is 4.98 Å². The lowest BCUT2D eigenvalue weighted by Crippen LogP contribution is -2.24. The van der Waals surface area contributed by atoms with Crippen LogP contribution in [0.5, 0.6) is 0 Å². The van der Waals surface area contributed by atoms with Gasteiger partial charge >= 0.3 is 0 Å². The molecule has 0 radical (unpaired) electrons. The van der Waals surface area contributed by atoms with E-state index in [1.54, 1.807) is 13.8 Å². The molecule has 10 nitrogen and oxygen atoms in total. The number of aromatic nitrogens is 4. The molecule has 1 aliphatic heterocycles. The van der Waals surface area contributed by atoms with E-state index in [9.17, 15) is 19.8 Å². The molecule has 4 N–H and O–H groups in total. The molecule has 1 fully saturated rings. The minimum absolute atomic E-state index is 0.0187. The van der Waals surface area contributed by atoms with Crippen LogP contribution in [-0.4, -0.2) is 54.5 Å². The van der Waals surface area contributed by atoms with Gasteiger partial charge in [-0.3, -0.25) is 24.5 Å². The zero-order valence-corrected chi connectivity index (χ0v) is 13.3. The maximum Gasteiger partial charge on any atom is 0.280 e. The largest absolute Gasteiger partial charge is 0.394 e. The summed E-state index contributed by atoms with van der Waals surface area (Å²) in [5, 5.41) is 21.6. The minimum atomic E-state index is -0.820. The molecule has 0 bridgehead atoms. The van der Waals surface area contributed by atoms with Crippen molar-refractivity contribution in [2.24, 2.45) is 5.92 Å². The van der Waals surface area contributed by atoms with Gasteiger partial charge in [0.2, 0.25) is 11.9 Å². The number of aromatic amines is 1. The number of hydrogen-bond donors (Lipinski definition) is 4. The average molecular weight is 337 g/mol. The zero-order chi connectivity index (χ0) is 17.4. The molecule has 1 amide bonds. The van der Waals surface area contributed by atoms with Crippen molar-refractivity contribution >= 4 is 23.0 Å². The molecule has 0 aliphatic carbocycles. The van der Waals surface area contributed by atoms with E-state index in [-0.39, 0.29) is 42.0 Å². The molecule has 1 saturated heterocycles. The number of aliphatic hydroxyl groups is 2. The highest BCUT2D eigenvalue weighted by atomic mass is 16.5. The lowest BCUT2D eigenvalue weighted by molar-refractivity contribution is -0.118. The summed E-state index contributed by atoms with van der Waals surface area (Å²) in [7, 11) is 0. The van der Waals surface area contributed by atoms with Gasteiger partial charge in [-0.2, -0.15) is 4.98 Å². The first-order chi connectivity index (χ1) is 11.4. The van der Waals surface area contributed by atoms with E-state index in [1.165, 1.54) is 10.9 Å². The Hall–Kier alpha value is -2.30. The Morgan fingerprint density at radius 1 is 1.58 bits per heavy atom. The Labute approximate surface area is 136 Å². The number of anilines is 1. The second-order valence-electron chi connectivity index (χ2n) is 6.00. The average Bonchev–Trinajstić information content (AvgIpc) is 3.10. The smallest absolute Gasteiger partial charge is 0.280 e. The SMILES string of the molecule is CC(C)C(=O)Nc1nc2c(ncn2[C@@H]2C[C@@H](O)[C@@H](CO)O2)c(=O)[nH]1. The quantitative estimate of drug-likeness (QED) is 0.581. The van der Waals surface area contributed by atoms with Crippen molar-refractivity contribution in [2.45, 2.75) is 38.7 Å². The molecule has 10 heteroatoms. The van der Waals surface area contributed by atoms with Crippen LogP contribution in [0.15, 0.2) is 11.1 Å². The maximum atomic E-state index is 12.1. The molecular formula is C14H19N5O5. The highest BCUT2D eigenvalue weighted by Crippen LogP contribution is 2.30. The van der Waals surface area contributed by atoms with E-state index in [0.29, 0.717) is 0 Å². The topological polar surface area (TPSA) is 142 Å². The fourth-order valence-electron chi connectivity index (χ4n) is 2.51. The molecule has 24 heavy (non-hydrogen) atoms. The molecule has 130 valence electrons. The van der Waals surface area contributed by atoms with Gasteiger partial charge in [-0.05, 0) is 0 Å². The first kappa shape index (κ1) is 16.6. The molecule has 2 aromatic heterocycles. The zero-order valence-electron chi connectivity index (χ0n) is 13.3. The third-order valence-corrected chi connectivity index (χ3v) is 3.89. The number of ether oxygens (including phenoxy) is 1. The molecule has 3 heterocycles. The summed E-state index contributed by atoms with van der Waals surface area (Å²) >= 11 is 0. The van der Waals surface area contributed by atoms with E-state index < -0.39 is 24.0 Å². The molecule has 0 saturated carbocycles. The maximum absolute atomic E-state index is 12.1. The molecule has 0 aromatic carbocycles. The van der Waals surface area contributed by atoms with Crippen molar-refractivity contribution in [3.05, 3.63) is 16.7 Å². The van der Waals surface area contributed by atoms with E-state index in [0.717, 1.165) is 0 Å². The van der Waals surface area contributed by atoms with Gasteiger partial charge in [-0.1, -0.05) is 13.8 Å². The summed E-state index contributed by atoms with van der Waals surface area (Å²) in [6.45, 7) is 3.13. The summed E-state index contributed by atoms with van der Waals surface area (Å²) in [5.41, 5.74) is -0.160. The summed E-state index contributed by atoms with van der Waals surface area (Å²) in [6, 6.07) is 0. The Kier molecular flexibility index (Phi) is 4.35. The Morgan fingerprint density at radius 3 is 2.96 bits per heavy atom. The van der Waals surface area contributed by atoms with Gasteiger partial charge < -0.3 is 14.9 Å². The Balaban J connectivity index is 1.97. The first-order valence-electron chi connectivity index (χ1n) is 7.62. The number of hydrogen-bond acceptors (Lipinski definition) is 7. The van der Waals surface area contributed by atoms with Crippen LogP contribution in [0.25, 0.3) is 11.2 Å². The number of aliphatic hydroxyl groups excluding tert-OH is 2. The number of imidazole rings is 1. The van der Waals surface area contributed by atoms with Crippen molar-refractivity contribution in [3.8, 4) is 0 Å². The van der Waals surface area contributed by atoms with E-state index in [2.05, 4.69) is 20.3 Å². The van der Waals surface area contributed by atoms with Crippen LogP contribution in [0.4, 0.5) is 5.95 Å². The molecule has 0 spiro atoms. The third-order valence-electron chi connectivity index (χ3n) is 3.89. The first-order valence-corrected chi connectivity index (χ1v) is 7.62. The van der Waals surface area contributed by atoms with E-state index in [4.69, 9.17) is 4.74 Å². The van der Waals surface area contributed by atoms with Crippen LogP contribution in [0.1, 0.15) is 26.5 Å². The van der Waals surface area contributed by atoms with Gasteiger partial charge in [-0.15, -0.1) is 0 Å². The summed E-state index contributed by atoms with van der Waals surface area (Å²) < 4.78 is 7.07. The molecule has 0 unspecified atom stereocenters. The second-order valence-corrected chi connectivity index (χ2v) is 6.00. The molecule has 3 atom stereocenters. The number of fused-ring (bicyclic) bond motifs is 1. The molecule has 2 aromatic rings. The number of carbonyl (C=O) groups is 1. The predicted molar refractivity (Wildman–Crippen MR) is 83.2 cm³/mol. The molecule has 3 rings (SSSR count).